The van der Waals surface area contributed by atoms with Crippen LogP contribution in [0.1, 0.15) is 13.3 Å². The van der Waals surface area contributed by atoms with Crippen molar-refractivity contribution in [2.45, 2.75) is 13.3 Å². The summed E-state index contributed by atoms with van der Waals surface area (Å²) in [6, 6.07) is 0. The number of rotatable bonds is 3. The molecule has 0 saturated heterocycles. The summed E-state index contributed by atoms with van der Waals surface area (Å²) in [5.74, 6) is 0.603. The van der Waals surface area contributed by atoms with Gasteiger partial charge in [-0.1, -0.05) is 11.6 Å². The molecule has 0 amide bonds. The van der Waals surface area contributed by atoms with Gasteiger partial charge in [-0.2, -0.15) is 0 Å². The molecule has 1 nitrogen and oxygen atoms in total. The molecule has 0 aliphatic carbocycles. The van der Waals surface area contributed by atoms with Crippen molar-refractivity contribution in [2.75, 3.05) is 12.4 Å². The molecular weight excluding hydrogens is 122 g/mol. The molecule has 0 heterocycles. The van der Waals surface area contributed by atoms with Crippen LogP contribution in [0, 0.1) is 0 Å². The number of alkyl halides is 1. The fourth-order valence-corrected chi connectivity index (χ4v) is 0.725. The topological polar surface area (TPSA) is 26.0 Å². The molecule has 0 spiro atoms. The Labute approximate surface area is 55.5 Å². The van der Waals surface area contributed by atoms with E-state index in [0.717, 1.165) is 13.0 Å². The van der Waals surface area contributed by atoms with Gasteiger partial charge in [-0.25, -0.2) is 0 Å². The Morgan fingerprint density at radius 3 is 2.75 bits per heavy atom. The molecule has 0 radical (unpaired) electrons. The lowest BCUT2D eigenvalue weighted by atomic mass is 10.2. The maximum Gasteiger partial charge on any atom is 0.0406 e. The molecule has 0 unspecified atom stereocenters. The van der Waals surface area contributed by atoms with Gasteiger partial charge in [-0.05, 0) is 19.9 Å². The molecular formula is C6H12ClN. The van der Waals surface area contributed by atoms with Crippen molar-refractivity contribution in [3.05, 3.63) is 11.6 Å². The van der Waals surface area contributed by atoms with Crippen LogP contribution in [0.4, 0.5) is 0 Å². The summed E-state index contributed by atoms with van der Waals surface area (Å²) in [4.78, 5) is 0. The molecule has 8 heavy (non-hydrogen) atoms. The smallest absolute Gasteiger partial charge is 0.0406 e. The first-order chi connectivity index (χ1) is 3.81. The summed E-state index contributed by atoms with van der Waals surface area (Å²) in [7, 11) is 0. The Bertz CT molecular complexity index is 78.6. The van der Waals surface area contributed by atoms with Gasteiger partial charge in [0.15, 0.2) is 0 Å². The Morgan fingerprint density at radius 2 is 2.38 bits per heavy atom. The molecule has 0 aromatic rings. The highest BCUT2D eigenvalue weighted by Crippen LogP contribution is 1.96. The van der Waals surface area contributed by atoms with Crippen molar-refractivity contribution in [1.29, 1.82) is 0 Å². The number of hydrogen-bond donors (Lipinski definition) is 1. The minimum Gasteiger partial charge on any atom is -0.330 e. The van der Waals surface area contributed by atoms with E-state index in [9.17, 15) is 0 Å². The number of hydrogen-bond acceptors (Lipinski definition) is 1. The van der Waals surface area contributed by atoms with E-state index >= 15 is 0 Å². The zero-order chi connectivity index (χ0) is 6.41. The second kappa shape index (κ2) is 5.13. The van der Waals surface area contributed by atoms with Crippen molar-refractivity contribution in [2.24, 2.45) is 5.73 Å². The highest BCUT2D eigenvalue weighted by Gasteiger charge is 1.82. The average molecular weight is 134 g/mol. The van der Waals surface area contributed by atoms with Crippen molar-refractivity contribution in [3.63, 3.8) is 0 Å². The molecule has 0 aromatic heterocycles. The van der Waals surface area contributed by atoms with Gasteiger partial charge in [-0.15, -0.1) is 11.6 Å². The van der Waals surface area contributed by atoms with Gasteiger partial charge in [0.1, 0.15) is 0 Å². The second-order valence-corrected chi connectivity index (χ2v) is 2.05. The van der Waals surface area contributed by atoms with Crippen LogP contribution in [-0.2, 0) is 0 Å². The maximum absolute atomic E-state index is 5.41. The molecule has 0 saturated carbocycles. The van der Waals surface area contributed by atoms with Crippen LogP contribution in [0.25, 0.3) is 0 Å². The predicted octanol–water partition coefficient (Wildman–Crippen LogP) is 1.52. The number of nitrogens with two attached hydrogens (primary N) is 1. The summed E-state index contributed by atoms with van der Waals surface area (Å²) >= 11 is 5.41. The van der Waals surface area contributed by atoms with Crippen LogP contribution in [-0.4, -0.2) is 12.4 Å². The van der Waals surface area contributed by atoms with Gasteiger partial charge in [0.25, 0.3) is 0 Å². The highest BCUT2D eigenvalue weighted by atomic mass is 35.5. The predicted molar refractivity (Wildman–Crippen MR) is 38.1 cm³/mol. The van der Waals surface area contributed by atoms with Crippen LogP contribution < -0.4 is 5.73 Å². The molecule has 2 N–H and O–H groups in total. The lowest BCUT2D eigenvalue weighted by Gasteiger charge is -1.92. The molecule has 0 aromatic carbocycles. The largest absolute Gasteiger partial charge is 0.330 e. The number of allylic oxidation sites excluding steroid dienone is 1. The monoisotopic (exact) mass is 133 g/mol. The standard InChI is InChI=1S/C6H12ClN/c1-6(2-4-7)3-5-8/h2H,3-5,8H2,1H3/b6-2-. The molecule has 0 fully saturated rings. The second-order valence-electron chi connectivity index (χ2n) is 1.74. The maximum atomic E-state index is 5.41. The fraction of sp³-hybridized carbons (Fsp3) is 0.667. The lowest BCUT2D eigenvalue weighted by molar-refractivity contribution is 0.948. The van der Waals surface area contributed by atoms with Crippen molar-refractivity contribution in [1.82, 2.24) is 0 Å². The quantitative estimate of drug-likeness (QED) is 0.459. The SMILES string of the molecule is C/C(=C/CCl)CCN. The van der Waals surface area contributed by atoms with Gasteiger partial charge in [0.05, 0.1) is 0 Å². The third-order valence-electron chi connectivity index (χ3n) is 0.964. The number of halogens is 1. The van der Waals surface area contributed by atoms with Crippen molar-refractivity contribution in [3.8, 4) is 0 Å². The fourth-order valence-electron chi connectivity index (χ4n) is 0.461. The van der Waals surface area contributed by atoms with Crippen LogP contribution in [0.15, 0.2) is 11.6 Å². The first-order valence-corrected chi connectivity index (χ1v) is 3.26. The first-order valence-electron chi connectivity index (χ1n) is 2.73. The first kappa shape index (κ1) is 7.99. The molecule has 48 valence electrons. The van der Waals surface area contributed by atoms with E-state index in [2.05, 4.69) is 0 Å². The highest BCUT2D eigenvalue weighted by molar-refractivity contribution is 6.18. The summed E-state index contributed by atoms with van der Waals surface area (Å²) in [6.07, 6.45) is 2.95. The summed E-state index contributed by atoms with van der Waals surface area (Å²) < 4.78 is 0. The van der Waals surface area contributed by atoms with Gasteiger partial charge in [0.2, 0.25) is 0 Å². The normalized spacial score (nSPS) is 12.1. The van der Waals surface area contributed by atoms with E-state index in [1.165, 1.54) is 5.57 Å². The lowest BCUT2D eigenvalue weighted by Crippen LogP contribution is -1.98. The summed E-state index contributed by atoms with van der Waals surface area (Å²) in [5.41, 5.74) is 6.56. The van der Waals surface area contributed by atoms with Gasteiger partial charge < -0.3 is 5.73 Å². The Morgan fingerprint density at radius 1 is 1.75 bits per heavy atom. The van der Waals surface area contributed by atoms with Crippen LogP contribution in [0.5, 0.6) is 0 Å². The van der Waals surface area contributed by atoms with Crippen molar-refractivity contribution >= 4 is 11.6 Å². The minimum absolute atomic E-state index is 0.603. The van der Waals surface area contributed by atoms with Crippen LogP contribution >= 0.6 is 11.6 Å². The minimum atomic E-state index is 0.603. The Hall–Kier alpha value is -0.0100. The third-order valence-corrected chi connectivity index (χ3v) is 1.12. The van der Waals surface area contributed by atoms with Crippen molar-refractivity contribution < 1.29 is 0 Å². The molecule has 2 heteroatoms. The van der Waals surface area contributed by atoms with E-state index in [0.29, 0.717) is 5.88 Å². The molecule has 0 aliphatic heterocycles. The molecule has 0 aliphatic rings. The van der Waals surface area contributed by atoms with Gasteiger partial charge in [0, 0.05) is 5.88 Å². The average Bonchev–Trinajstić information content (AvgIpc) is 1.68. The van der Waals surface area contributed by atoms with Gasteiger partial charge >= 0.3 is 0 Å². The summed E-state index contributed by atoms with van der Waals surface area (Å²) in [6.45, 7) is 2.76. The van der Waals surface area contributed by atoms with Crippen LogP contribution in [0.2, 0.25) is 0 Å². The Balaban J connectivity index is 3.29. The Kier molecular flexibility index (Phi) is 5.13. The van der Waals surface area contributed by atoms with E-state index in [1.54, 1.807) is 0 Å². The zero-order valence-corrected chi connectivity index (χ0v) is 5.91. The molecule has 0 rings (SSSR count). The van der Waals surface area contributed by atoms with Crippen LogP contribution in [0.3, 0.4) is 0 Å². The molecule has 0 atom stereocenters. The molecule has 0 bridgehead atoms. The van der Waals surface area contributed by atoms with E-state index in [-0.39, 0.29) is 0 Å². The van der Waals surface area contributed by atoms with Gasteiger partial charge in [-0.3, -0.25) is 0 Å². The van der Waals surface area contributed by atoms with E-state index < -0.39 is 0 Å². The van der Waals surface area contributed by atoms with E-state index in [4.69, 9.17) is 17.3 Å². The third kappa shape index (κ3) is 4.16. The summed E-state index contributed by atoms with van der Waals surface area (Å²) in [5, 5.41) is 0. The van der Waals surface area contributed by atoms with E-state index in [1.807, 2.05) is 13.0 Å². The zero-order valence-electron chi connectivity index (χ0n) is 5.15.